The van der Waals surface area contributed by atoms with E-state index < -0.39 is 5.92 Å². The first-order valence-corrected chi connectivity index (χ1v) is 9.92. The van der Waals surface area contributed by atoms with Crippen LogP contribution in [0.15, 0.2) is 24.4 Å². The number of benzene rings is 1. The number of hydrogen-bond donors (Lipinski definition) is 2. The van der Waals surface area contributed by atoms with Crippen molar-refractivity contribution in [2.75, 3.05) is 30.9 Å². The van der Waals surface area contributed by atoms with Crippen LogP contribution in [0.3, 0.4) is 0 Å². The average Bonchev–Trinajstić information content (AvgIpc) is 3.20. The fourth-order valence-corrected chi connectivity index (χ4v) is 3.69. The van der Waals surface area contributed by atoms with Gasteiger partial charge in [0.15, 0.2) is 5.65 Å². The van der Waals surface area contributed by atoms with Crippen LogP contribution in [0, 0.1) is 5.92 Å². The number of nitrogens with one attached hydrogen (secondary N) is 2. The van der Waals surface area contributed by atoms with Gasteiger partial charge >= 0.3 is 0 Å². The molecule has 2 N–H and O–H groups in total. The van der Waals surface area contributed by atoms with E-state index in [-0.39, 0.29) is 5.91 Å². The summed E-state index contributed by atoms with van der Waals surface area (Å²) in [5.41, 5.74) is 2.73. The molecule has 0 bridgehead atoms. The summed E-state index contributed by atoms with van der Waals surface area (Å²) in [5.74, 6) is 0.132. The minimum atomic E-state index is -0.575. The van der Waals surface area contributed by atoms with E-state index in [0.717, 1.165) is 23.2 Å². The Morgan fingerprint density at radius 3 is 2.93 bits per heavy atom. The van der Waals surface area contributed by atoms with E-state index in [1.165, 1.54) is 0 Å². The summed E-state index contributed by atoms with van der Waals surface area (Å²) in [6.07, 6.45) is 1.92. The molecule has 3 aromatic rings. The van der Waals surface area contributed by atoms with Crippen molar-refractivity contribution in [1.82, 2.24) is 19.7 Å². The third-order valence-corrected chi connectivity index (χ3v) is 4.95. The molecule has 1 unspecified atom stereocenters. The molecule has 152 valence electrons. The standard InChI is InChI=1S/C20H23ClN6O2/c1-11(2)9-27-10-14-17(24-20(22-6-7-29-3)25-18(14)26-27)16-13-8-12(21)4-5-15(13)23-19(16)28/h4-5,8,10-11,16H,6-7,9H2,1-3H3,(H,23,28)(H,22,25,26). The molecular weight excluding hydrogens is 392 g/mol. The largest absolute Gasteiger partial charge is 0.383 e. The molecule has 8 nitrogen and oxygen atoms in total. The zero-order chi connectivity index (χ0) is 20.5. The zero-order valence-corrected chi connectivity index (χ0v) is 17.3. The molecule has 9 heteroatoms. The Kier molecular flexibility index (Phi) is 5.38. The molecule has 2 aromatic heterocycles. The molecule has 1 aliphatic heterocycles. The molecule has 1 atom stereocenters. The number of amides is 1. The highest BCUT2D eigenvalue weighted by atomic mass is 35.5. The minimum Gasteiger partial charge on any atom is -0.383 e. The molecule has 1 aromatic carbocycles. The molecule has 0 radical (unpaired) electrons. The van der Waals surface area contributed by atoms with Crippen LogP contribution in [0.2, 0.25) is 5.02 Å². The second kappa shape index (κ2) is 7.96. The van der Waals surface area contributed by atoms with E-state index in [1.54, 1.807) is 13.2 Å². The summed E-state index contributed by atoms with van der Waals surface area (Å²) in [4.78, 5) is 22.1. The molecule has 4 rings (SSSR count). The van der Waals surface area contributed by atoms with Gasteiger partial charge < -0.3 is 15.4 Å². The van der Waals surface area contributed by atoms with Gasteiger partial charge in [0.25, 0.3) is 0 Å². The van der Waals surface area contributed by atoms with Crippen molar-refractivity contribution in [1.29, 1.82) is 0 Å². The van der Waals surface area contributed by atoms with Gasteiger partial charge in [-0.15, -0.1) is 0 Å². The highest BCUT2D eigenvalue weighted by Gasteiger charge is 2.35. The molecule has 0 saturated carbocycles. The smallest absolute Gasteiger partial charge is 0.238 e. The van der Waals surface area contributed by atoms with E-state index >= 15 is 0 Å². The maximum Gasteiger partial charge on any atom is 0.238 e. The summed E-state index contributed by atoms with van der Waals surface area (Å²) >= 11 is 6.20. The fourth-order valence-electron chi connectivity index (χ4n) is 3.51. The van der Waals surface area contributed by atoms with Crippen LogP contribution >= 0.6 is 11.6 Å². The normalized spacial score (nSPS) is 15.8. The van der Waals surface area contributed by atoms with Gasteiger partial charge in [0.2, 0.25) is 11.9 Å². The summed E-state index contributed by atoms with van der Waals surface area (Å²) in [5, 5.41) is 12.0. The van der Waals surface area contributed by atoms with Gasteiger partial charge in [-0.05, 0) is 29.7 Å². The van der Waals surface area contributed by atoms with Gasteiger partial charge in [0.1, 0.15) is 5.92 Å². The molecule has 1 aliphatic rings. The number of rotatable bonds is 7. The molecule has 1 amide bonds. The first-order chi connectivity index (χ1) is 14.0. The number of nitrogens with zero attached hydrogens (tertiary/aromatic N) is 4. The first kappa shape index (κ1) is 19.6. The Labute approximate surface area is 173 Å². The third kappa shape index (κ3) is 3.90. The second-order valence-electron chi connectivity index (χ2n) is 7.49. The number of carbonyl (C=O) groups excluding carboxylic acids is 1. The highest BCUT2D eigenvalue weighted by Crippen LogP contribution is 2.40. The van der Waals surface area contributed by atoms with Crippen LogP contribution in [0.4, 0.5) is 11.6 Å². The predicted octanol–water partition coefficient (Wildman–Crippen LogP) is 3.28. The van der Waals surface area contributed by atoms with Crippen molar-refractivity contribution in [2.45, 2.75) is 26.3 Å². The predicted molar refractivity (Wildman–Crippen MR) is 112 cm³/mol. The Morgan fingerprint density at radius 1 is 1.34 bits per heavy atom. The molecule has 3 heterocycles. The Morgan fingerprint density at radius 2 is 2.17 bits per heavy atom. The maximum atomic E-state index is 12.9. The van der Waals surface area contributed by atoms with E-state index in [4.69, 9.17) is 21.3 Å². The number of halogens is 1. The lowest BCUT2D eigenvalue weighted by Gasteiger charge is -2.12. The van der Waals surface area contributed by atoms with Gasteiger partial charge in [-0.1, -0.05) is 25.4 Å². The topological polar surface area (TPSA) is 94.0 Å². The average molecular weight is 415 g/mol. The molecule has 0 spiro atoms. The van der Waals surface area contributed by atoms with E-state index in [2.05, 4.69) is 34.6 Å². The van der Waals surface area contributed by atoms with Crippen molar-refractivity contribution in [3.8, 4) is 0 Å². The molecular formula is C20H23ClN6O2. The van der Waals surface area contributed by atoms with Crippen LogP contribution in [0.5, 0.6) is 0 Å². The monoisotopic (exact) mass is 414 g/mol. The van der Waals surface area contributed by atoms with E-state index in [0.29, 0.717) is 41.4 Å². The number of ether oxygens (including phenoxy) is 1. The van der Waals surface area contributed by atoms with Crippen molar-refractivity contribution in [3.05, 3.63) is 40.7 Å². The third-order valence-electron chi connectivity index (χ3n) is 4.72. The van der Waals surface area contributed by atoms with Crippen molar-refractivity contribution in [2.24, 2.45) is 5.92 Å². The lowest BCUT2D eigenvalue weighted by Crippen LogP contribution is -2.17. The minimum absolute atomic E-state index is 0.137. The van der Waals surface area contributed by atoms with Crippen LogP contribution in [-0.2, 0) is 16.1 Å². The van der Waals surface area contributed by atoms with Gasteiger partial charge in [-0.2, -0.15) is 10.1 Å². The molecule has 0 saturated heterocycles. The number of carbonyl (C=O) groups is 1. The summed E-state index contributed by atoms with van der Waals surface area (Å²) in [7, 11) is 1.63. The number of aromatic nitrogens is 4. The zero-order valence-electron chi connectivity index (χ0n) is 16.6. The summed E-state index contributed by atoms with van der Waals surface area (Å²) < 4.78 is 6.95. The molecule has 0 aliphatic carbocycles. The Hall–Kier alpha value is -2.71. The SMILES string of the molecule is COCCNc1nc(C2C(=O)Nc3ccc(Cl)cc32)c2cn(CC(C)C)nc2n1. The lowest BCUT2D eigenvalue weighted by molar-refractivity contribution is -0.116. The van der Waals surface area contributed by atoms with Crippen molar-refractivity contribution in [3.63, 3.8) is 0 Å². The van der Waals surface area contributed by atoms with Gasteiger partial charge in [0.05, 0.1) is 17.7 Å². The van der Waals surface area contributed by atoms with Crippen LogP contribution in [0.1, 0.15) is 31.0 Å². The first-order valence-electron chi connectivity index (χ1n) is 9.54. The highest BCUT2D eigenvalue weighted by molar-refractivity contribution is 6.31. The van der Waals surface area contributed by atoms with Crippen LogP contribution in [0.25, 0.3) is 11.0 Å². The molecule has 0 fully saturated rings. The van der Waals surface area contributed by atoms with E-state index in [9.17, 15) is 4.79 Å². The number of hydrogen-bond acceptors (Lipinski definition) is 6. The lowest BCUT2D eigenvalue weighted by atomic mass is 9.95. The summed E-state index contributed by atoms with van der Waals surface area (Å²) in [6, 6.07) is 5.38. The number of methoxy groups -OCH3 is 1. The van der Waals surface area contributed by atoms with Crippen molar-refractivity contribution < 1.29 is 9.53 Å². The van der Waals surface area contributed by atoms with Gasteiger partial charge in [-0.3, -0.25) is 9.48 Å². The second-order valence-corrected chi connectivity index (χ2v) is 7.92. The van der Waals surface area contributed by atoms with Crippen molar-refractivity contribution >= 4 is 40.2 Å². The summed E-state index contributed by atoms with van der Waals surface area (Å²) in [6.45, 7) is 6.06. The maximum absolute atomic E-state index is 12.9. The van der Waals surface area contributed by atoms with Gasteiger partial charge in [-0.25, -0.2) is 4.98 Å². The number of fused-ring (bicyclic) bond motifs is 2. The van der Waals surface area contributed by atoms with E-state index in [1.807, 2.05) is 23.0 Å². The quantitative estimate of drug-likeness (QED) is 0.576. The van der Waals surface area contributed by atoms with Crippen LogP contribution < -0.4 is 10.6 Å². The van der Waals surface area contributed by atoms with Gasteiger partial charge in [0, 0.05) is 37.1 Å². The molecule has 29 heavy (non-hydrogen) atoms. The number of anilines is 2. The van der Waals surface area contributed by atoms with Crippen LogP contribution in [-0.4, -0.2) is 45.9 Å². The Balaban J connectivity index is 1.84. The Bertz CT molecular complexity index is 1060. The fraction of sp³-hybridized carbons (Fsp3) is 0.400.